The molecule has 0 aliphatic heterocycles. The highest BCUT2D eigenvalue weighted by Gasteiger charge is 2.10. The van der Waals surface area contributed by atoms with Crippen LogP contribution in [-0.2, 0) is 0 Å². The van der Waals surface area contributed by atoms with E-state index in [9.17, 15) is 4.79 Å². The van der Waals surface area contributed by atoms with Crippen molar-refractivity contribution in [1.82, 2.24) is 4.98 Å². The number of pyridine rings is 1. The van der Waals surface area contributed by atoms with Crippen molar-refractivity contribution in [2.24, 2.45) is 0 Å². The largest absolute Gasteiger partial charge is 0.321 e. The molecule has 6 heteroatoms. The summed E-state index contributed by atoms with van der Waals surface area (Å²) in [4.78, 5) is 16.1. The van der Waals surface area contributed by atoms with Crippen molar-refractivity contribution in [3.63, 3.8) is 0 Å². The third kappa shape index (κ3) is 3.40. The van der Waals surface area contributed by atoms with Gasteiger partial charge < -0.3 is 5.32 Å². The number of carbonyl (C=O) groups excluding carboxylic acids is 1. The summed E-state index contributed by atoms with van der Waals surface area (Å²) in [5.74, 6) is -0.188. The van der Waals surface area contributed by atoms with Crippen LogP contribution in [0.25, 0.3) is 0 Å². The fourth-order valence-corrected chi connectivity index (χ4v) is 2.34. The van der Waals surface area contributed by atoms with Crippen LogP contribution in [0.2, 0.25) is 0 Å². The van der Waals surface area contributed by atoms with Crippen LogP contribution in [0.3, 0.4) is 0 Å². The lowest BCUT2D eigenvalue weighted by Crippen LogP contribution is -2.12. The van der Waals surface area contributed by atoms with Crippen molar-refractivity contribution < 1.29 is 4.79 Å². The topological polar surface area (TPSA) is 42.0 Å². The van der Waals surface area contributed by atoms with Gasteiger partial charge in [0.15, 0.2) is 0 Å². The summed E-state index contributed by atoms with van der Waals surface area (Å²) in [5.41, 5.74) is 1.21. The molecule has 0 radical (unpaired) electrons. The van der Waals surface area contributed by atoms with E-state index in [-0.39, 0.29) is 5.91 Å². The summed E-state index contributed by atoms with van der Waals surface area (Å²) in [6, 6.07) is 8.99. The number of nitrogens with zero attached hydrogens (tertiary/aromatic N) is 1. The first-order chi connectivity index (χ1) is 8.56. The van der Waals surface area contributed by atoms with Crippen molar-refractivity contribution in [1.29, 1.82) is 0 Å². The monoisotopic (exact) mass is 432 g/mol. The summed E-state index contributed by atoms with van der Waals surface area (Å²) in [6.07, 6.45) is 1.59. The lowest BCUT2D eigenvalue weighted by molar-refractivity contribution is 0.102. The van der Waals surface area contributed by atoms with Gasteiger partial charge in [0, 0.05) is 8.95 Å². The Morgan fingerprint density at radius 3 is 2.56 bits per heavy atom. The molecule has 1 amide bonds. The van der Waals surface area contributed by atoms with E-state index in [2.05, 4.69) is 58.1 Å². The predicted octanol–water partition coefficient (Wildman–Crippen LogP) is 4.62. The first-order valence-corrected chi connectivity index (χ1v) is 7.32. The molecule has 0 unspecified atom stereocenters. The van der Waals surface area contributed by atoms with Crippen molar-refractivity contribution in [2.75, 3.05) is 5.32 Å². The van der Waals surface area contributed by atoms with Crippen LogP contribution in [0.4, 0.5) is 5.69 Å². The number of amides is 1. The van der Waals surface area contributed by atoms with E-state index in [0.29, 0.717) is 11.3 Å². The Kier molecular flexibility index (Phi) is 4.53. The molecule has 0 saturated carbocycles. The molecule has 0 atom stereocenters. The van der Waals surface area contributed by atoms with Gasteiger partial charge in [0.1, 0.15) is 4.60 Å². The van der Waals surface area contributed by atoms with Crippen LogP contribution < -0.4 is 5.32 Å². The smallest absolute Gasteiger partial charge is 0.256 e. The lowest BCUT2D eigenvalue weighted by atomic mass is 10.2. The molecular weight excluding hydrogens is 428 g/mol. The number of benzene rings is 1. The molecule has 2 rings (SSSR count). The number of nitrogens with one attached hydrogen (secondary N) is 1. The highest BCUT2D eigenvalue weighted by molar-refractivity contribution is 9.11. The number of rotatable bonds is 2. The van der Waals surface area contributed by atoms with Gasteiger partial charge in [-0.1, -0.05) is 15.9 Å². The Labute approximate surface area is 129 Å². The number of halogens is 3. The lowest BCUT2D eigenvalue weighted by Gasteiger charge is -2.07. The number of hydrogen-bond acceptors (Lipinski definition) is 2. The predicted molar refractivity (Wildman–Crippen MR) is 81.7 cm³/mol. The minimum atomic E-state index is -0.188. The standard InChI is InChI=1S/C12H7Br3N2O/c13-7-1-3-10(14)9(5-7)12(18)17-8-2-4-11(15)16-6-8/h1-6H,(H,17,18). The summed E-state index contributed by atoms with van der Waals surface area (Å²) in [7, 11) is 0. The first-order valence-electron chi connectivity index (χ1n) is 4.94. The molecule has 0 bridgehead atoms. The van der Waals surface area contributed by atoms with Gasteiger partial charge in [0.2, 0.25) is 0 Å². The van der Waals surface area contributed by atoms with Crippen molar-refractivity contribution in [3.8, 4) is 0 Å². The summed E-state index contributed by atoms with van der Waals surface area (Å²) >= 11 is 9.93. The molecule has 1 aromatic carbocycles. The summed E-state index contributed by atoms with van der Waals surface area (Å²) in [5, 5.41) is 2.78. The minimum absolute atomic E-state index is 0.188. The van der Waals surface area contributed by atoms with E-state index in [4.69, 9.17) is 0 Å². The van der Waals surface area contributed by atoms with Gasteiger partial charge in [-0.25, -0.2) is 4.98 Å². The zero-order chi connectivity index (χ0) is 13.1. The maximum atomic E-state index is 12.1. The van der Waals surface area contributed by atoms with Crippen molar-refractivity contribution in [3.05, 3.63) is 55.6 Å². The van der Waals surface area contributed by atoms with Gasteiger partial charge in [-0.05, 0) is 62.2 Å². The highest BCUT2D eigenvalue weighted by Crippen LogP contribution is 2.22. The van der Waals surface area contributed by atoms with E-state index >= 15 is 0 Å². The van der Waals surface area contributed by atoms with Crippen LogP contribution in [0.15, 0.2) is 50.1 Å². The second-order valence-corrected chi connectivity index (χ2v) is 6.03. The van der Waals surface area contributed by atoms with Crippen LogP contribution in [-0.4, -0.2) is 10.9 Å². The van der Waals surface area contributed by atoms with E-state index < -0.39 is 0 Å². The Balaban J connectivity index is 2.21. The second-order valence-electron chi connectivity index (χ2n) is 3.45. The maximum Gasteiger partial charge on any atom is 0.256 e. The molecular formula is C12H7Br3N2O. The number of anilines is 1. The quantitative estimate of drug-likeness (QED) is 0.701. The first kappa shape index (κ1) is 13.7. The summed E-state index contributed by atoms with van der Waals surface area (Å²) in [6.45, 7) is 0. The van der Waals surface area contributed by atoms with Gasteiger partial charge in [-0.2, -0.15) is 0 Å². The molecule has 0 fully saturated rings. The molecule has 0 aliphatic carbocycles. The fourth-order valence-electron chi connectivity index (χ4n) is 1.32. The second kappa shape index (κ2) is 5.95. The highest BCUT2D eigenvalue weighted by atomic mass is 79.9. The Bertz CT molecular complexity index is 584. The van der Waals surface area contributed by atoms with Crippen LogP contribution in [0, 0.1) is 0 Å². The van der Waals surface area contributed by atoms with Crippen LogP contribution >= 0.6 is 47.8 Å². The van der Waals surface area contributed by atoms with Gasteiger partial charge in [0.25, 0.3) is 5.91 Å². The molecule has 1 aromatic heterocycles. The summed E-state index contributed by atoms with van der Waals surface area (Å²) < 4.78 is 2.32. The van der Waals surface area contributed by atoms with Gasteiger partial charge in [-0.3, -0.25) is 4.79 Å². The fraction of sp³-hybridized carbons (Fsp3) is 0. The molecule has 2 aromatic rings. The number of carbonyl (C=O) groups is 1. The molecule has 0 saturated heterocycles. The zero-order valence-corrected chi connectivity index (χ0v) is 13.7. The van der Waals surface area contributed by atoms with E-state index in [1.165, 1.54) is 0 Å². The SMILES string of the molecule is O=C(Nc1ccc(Br)nc1)c1cc(Br)ccc1Br. The Hall–Kier alpha value is -0.720. The van der Waals surface area contributed by atoms with Crippen LogP contribution in [0.1, 0.15) is 10.4 Å². The molecule has 3 nitrogen and oxygen atoms in total. The molecule has 18 heavy (non-hydrogen) atoms. The molecule has 1 heterocycles. The normalized spacial score (nSPS) is 10.2. The third-order valence-electron chi connectivity index (χ3n) is 2.16. The Morgan fingerprint density at radius 1 is 1.11 bits per heavy atom. The average molecular weight is 435 g/mol. The van der Waals surface area contributed by atoms with E-state index in [0.717, 1.165) is 13.5 Å². The van der Waals surface area contributed by atoms with Crippen molar-refractivity contribution >= 4 is 59.4 Å². The van der Waals surface area contributed by atoms with Crippen molar-refractivity contribution in [2.45, 2.75) is 0 Å². The minimum Gasteiger partial charge on any atom is -0.321 e. The molecule has 0 spiro atoms. The Morgan fingerprint density at radius 2 is 1.89 bits per heavy atom. The zero-order valence-electron chi connectivity index (χ0n) is 8.95. The number of aromatic nitrogens is 1. The third-order valence-corrected chi connectivity index (χ3v) is 3.81. The van der Waals surface area contributed by atoms with Gasteiger partial charge in [-0.15, -0.1) is 0 Å². The average Bonchev–Trinajstić information content (AvgIpc) is 2.35. The van der Waals surface area contributed by atoms with Gasteiger partial charge >= 0.3 is 0 Å². The van der Waals surface area contributed by atoms with Gasteiger partial charge in [0.05, 0.1) is 17.4 Å². The number of hydrogen-bond donors (Lipinski definition) is 1. The molecule has 1 N–H and O–H groups in total. The maximum absolute atomic E-state index is 12.1. The van der Waals surface area contributed by atoms with E-state index in [1.807, 2.05) is 12.1 Å². The molecule has 92 valence electrons. The van der Waals surface area contributed by atoms with Crippen LogP contribution in [0.5, 0.6) is 0 Å². The molecule has 0 aliphatic rings. The van der Waals surface area contributed by atoms with E-state index in [1.54, 1.807) is 24.4 Å².